The molecule has 28 heavy (non-hydrogen) atoms. The van der Waals surface area contributed by atoms with Crippen LogP contribution in [0.2, 0.25) is 0 Å². The third-order valence-corrected chi connectivity index (χ3v) is 4.61. The first-order chi connectivity index (χ1) is 13.5. The topological polar surface area (TPSA) is 106 Å². The maximum atomic E-state index is 12.6. The van der Waals surface area contributed by atoms with Crippen LogP contribution >= 0.6 is 0 Å². The largest absolute Gasteiger partial charge is 0.344 e. The van der Waals surface area contributed by atoms with Gasteiger partial charge >= 0.3 is 0 Å². The van der Waals surface area contributed by atoms with Gasteiger partial charge in [0.1, 0.15) is 17.9 Å². The average Bonchev–Trinajstić information content (AvgIpc) is 3.12. The highest BCUT2D eigenvalue weighted by Crippen LogP contribution is 2.22. The van der Waals surface area contributed by atoms with Gasteiger partial charge in [0.25, 0.3) is 5.56 Å². The number of aromatic nitrogens is 5. The molecule has 0 aliphatic rings. The van der Waals surface area contributed by atoms with Crippen LogP contribution in [0, 0.1) is 5.92 Å². The average molecular weight is 376 g/mol. The first-order valence-electron chi connectivity index (χ1n) is 9.09. The molecule has 0 spiro atoms. The summed E-state index contributed by atoms with van der Waals surface area (Å²) < 4.78 is 1.08. The second-order valence-electron chi connectivity index (χ2n) is 7.00. The fourth-order valence-corrected chi connectivity index (χ4v) is 3.15. The molecule has 4 aromatic rings. The lowest BCUT2D eigenvalue weighted by Gasteiger charge is -2.20. The van der Waals surface area contributed by atoms with Crippen molar-refractivity contribution in [1.82, 2.24) is 30.3 Å². The SMILES string of the molecule is CC(C)[C@H](NC(=O)Cn1nnc2ccccc2c1=O)c1nc2ccccc2[nH]1. The molecule has 0 unspecified atom stereocenters. The fraction of sp³-hybridized carbons (Fsp3) is 0.250. The molecule has 0 aliphatic heterocycles. The van der Waals surface area contributed by atoms with E-state index in [0.29, 0.717) is 16.7 Å². The summed E-state index contributed by atoms with van der Waals surface area (Å²) in [6.07, 6.45) is 0. The van der Waals surface area contributed by atoms with E-state index in [0.717, 1.165) is 15.7 Å². The summed E-state index contributed by atoms with van der Waals surface area (Å²) in [7, 11) is 0. The maximum absolute atomic E-state index is 12.6. The molecular formula is C20H20N6O2. The number of nitrogens with zero attached hydrogens (tertiary/aromatic N) is 4. The van der Waals surface area contributed by atoms with Gasteiger partial charge in [-0.25, -0.2) is 9.67 Å². The van der Waals surface area contributed by atoms with Crippen molar-refractivity contribution in [3.05, 3.63) is 64.7 Å². The summed E-state index contributed by atoms with van der Waals surface area (Å²) in [6, 6.07) is 14.3. The molecular weight excluding hydrogens is 356 g/mol. The highest BCUT2D eigenvalue weighted by atomic mass is 16.2. The van der Waals surface area contributed by atoms with Gasteiger partial charge in [0.15, 0.2) is 0 Å². The molecule has 0 aliphatic carbocycles. The van der Waals surface area contributed by atoms with E-state index in [2.05, 4.69) is 25.6 Å². The van der Waals surface area contributed by atoms with E-state index >= 15 is 0 Å². The van der Waals surface area contributed by atoms with Crippen molar-refractivity contribution >= 4 is 27.8 Å². The Morgan fingerprint density at radius 3 is 2.57 bits per heavy atom. The van der Waals surface area contributed by atoms with Crippen LogP contribution in [0.1, 0.15) is 25.7 Å². The van der Waals surface area contributed by atoms with Crippen LogP contribution in [0.3, 0.4) is 0 Å². The number of para-hydroxylation sites is 2. The lowest BCUT2D eigenvalue weighted by atomic mass is 10.0. The van der Waals surface area contributed by atoms with Crippen molar-refractivity contribution in [3.8, 4) is 0 Å². The predicted octanol–water partition coefficient (Wildman–Crippen LogP) is 2.18. The van der Waals surface area contributed by atoms with Crippen molar-refractivity contribution in [1.29, 1.82) is 0 Å². The molecule has 2 aromatic carbocycles. The second-order valence-corrected chi connectivity index (χ2v) is 7.00. The Labute approximate surface area is 160 Å². The molecule has 2 heterocycles. The van der Waals surface area contributed by atoms with Gasteiger partial charge in [0.2, 0.25) is 5.91 Å². The van der Waals surface area contributed by atoms with Crippen LogP contribution in [0.25, 0.3) is 21.9 Å². The Morgan fingerprint density at radius 2 is 1.82 bits per heavy atom. The van der Waals surface area contributed by atoms with E-state index in [9.17, 15) is 9.59 Å². The third-order valence-electron chi connectivity index (χ3n) is 4.61. The number of hydrogen-bond donors (Lipinski definition) is 2. The van der Waals surface area contributed by atoms with Crippen molar-refractivity contribution in [2.45, 2.75) is 26.4 Å². The minimum atomic E-state index is -0.342. The molecule has 2 N–H and O–H groups in total. The molecule has 4 rings (SSSR count). The quantitative estimate of drug-likeness (QED) is 0.555. The van der Waals surface area contributed by atoms with E-state index in [1.807, 2.05) is 38.1 Å². The number of carbonyl (C=O) groups is 1. The van der Waals surface area contributed by atoms with Crippen LogP contribution in [0.15, 0.2) is 53.3 Å². The van der Waals surface area contributed by atoms with Crippen molar-refractivity contribution in [2.75, 3.05) is 0 Å². The monoisotopic (exact) mass is 376 g/mol. The van der Waals surface area contributed by atoms with Gasteiger partial charge in [-0.3, -0.25) is 9.59 Å². The summed E-state index contributed by atoms with van der Waals surface area (Å²) in [5.41, 5.74) is 1.92. The van der Waals surface area contributed by atoms with Crippen molar-refractivity contribution < 1.29 is 4.79 Å². The minimum absolute atomic E-state index is 0.101. The fourth-order valence-electron chi connectivity index (χ4n) is 3.15. The number of rotatable bonds is 5. The predicted molar refractivity (Wildman–Crippen MR) is 106 cm³/mol. The Balaban J connectivity index is 1.57. The number of amides is 1. The zero-order valence-corrected chi connectivity index (χ0v) is 15.6. The first kappa shape index (κ1) is 17.8. The lowest BCUT2D eigenvalue weighted by Crippen LogP contribution is -2.38. The van der Waals surface area contributed by atoms with Crippen LogP contribution in [0.4, 0.5) is 0 Å². The number of hydrogen-bond acceptors (Lipinski definition) is 5. The molecule has 8 nitrogen and oxygen atoms in total. The zero-order valence-electron chi connectivity index (χ0n) is 15.6. The molecule has 142 valence electrons. The number of nitrogens with one attached hydrogen (secondary N) is 2. The van der Waals surface area contributed by atoms with Crippen LogP contribution in [0.5, 0.6) is 0 Å². The van der Waals surface area contributed by atoms with Crippen LogP contribution in [-0.4, -0.2) is 30.9 Å². The van der Waals surface area contributed by atoms with E-state index in [1.165, 1.54) is 0 Å². The van der Waals surface area contributed by atoms with Gasteiger partial charge in [-0.1, -0.05) is 43.3 Å². The second kappa shape index (κ2) is 7.22. The summed E-state index contributed by atoms with van der Waals surface area (Å²) in [6.45, 7) is 3.79. The summed E-state index contributed by atoms with van der Waals surface area (Å²) >= 11 is 0. The Hall–Kier alpha value is -3.55. The molecule has 1 atom stereocenters. The summed E-state index contributed by atoms with van der Waals surface area (Å²) in [5, 5.41) is 11.3. The van der Waals surface area contributed by atoms with E-state index in [4.69, 9.17) is 0 Å². The van der Waals surface area contributed by atoms with E-state index in [1.54, 1.807) is 24.3 Å². The smallest absolute Gasteiger partial charge is 0.278 e. The molecule has 0 radical (unpaired) electrons. The summed E-state index contributed by atoms with van der Waals surface area (Å²) in [4.78, 5) is 33.0. The van der Waals surface area contributed by atoms with Crippen molar-refractivity contribution in [2.24, 2.45) is 5.92 Å². The van der Waals surface area contributed by atoms with Crippen LogP contribution in [-0.2, 0) is 11.3 Å². The summed E-state index contributed by atoms with van der Waals surface area (Å²) in [5.74, 6) is 0.455. The van der Waals surface area contributed by atoms with Crippen molar-refractivity contribution in [3.63, 3.8) is 0 Å². The Bertz CT molecular complexity index is 1180. The number of H-pyrrole nitrogens is 1. The molecule has 0 fully saturated rings. The van der Waals surface area contributed by atoms with Gasteiger partial charge in [0.05, 0.1) is 22.5 Å². The number of carbonyl (C=O) groups excluding carboxylic acids is 1. The highest BCUT2D eigenvalue weighted by molar-refractivity contribution is 5.79. The van der Waals surface area contributed by atoms with Crippen LogP contribution < -0.4 is 10.9 Å². The molecule has 0 bridgehead atoms. The highest BCUT2D eigenvalue weighted by Gasteiger charge is 2.22. The third kappa shape index (κ3) is 3.36. The van der Waals surface area contributed by atoms with Gasteiger partial charge < -0.3 is 10.3 Å². The van der Waals surface area contributed by atoms with E-state index < -0.39 is 0 Å². The number of benzene rings is 2. The van der Waals surface area contributed by atoms with Gasteiger partial charge in [-0.2, -0.15) is 0 Å². The van der Waals surface area contributed by atoms with Gasteiger partial charge in [-0.05, 0) is 30.2 Å². The Morgan fingerprint density at radius 1 is 1.11 bits per heavy atom. The van der Waals surface area contributed by atoms with Gasteiger partial charge in [0, 0.05) is 0 Å². The molecule has 8 heteroatoms. The zero-order chi connectivity index (χ0) is 19.7. The van der Waals surface area contributed by atoms with Gasteiger partial charge in [-0.15, -0.1) is 5.10 Å². The molecule has 2 aromatic heterocycles. The standard InChI is InChI=1S/C20H20N6O2/c1-12(2)18(19-21-15-9-5-6-10-16(15)22-19)23-17(27)11-26-20(28)13-7-3-4-8-14(13)24-25-26/h3-10,12,18H,11H2,1-2H3,(H,21,22)(H,23,27)/t18-/m0/s1. The minimum Gasteiger partial charge on any atom is -0.344 e. The lowest BCUT2D eigenvalue weighted by molar-refractivity contribution is -0.123. The first-order valence-corrected chi connectivity index (χ1v) is 9.09. The maximum Gasteiger partial charge on any atom is 0.278 e. The number of imidazole rings is 1. The number of aromatic amines is 1. The normalized spacial score (nSPS) is 12.5. The molecule has 1 amide bonds. The number of fused-ring (bicyclic) bond motifs is 2. The Kier molecular flexibility index (Phi) is 4.60. The molecule has 0 saturated heterocycles. The molecule has 0 saturated carbocycles. The van der Waals surface area contributed by atoms with E-state index in [-0.39, 0.29) is 30.0 Å².